The van der Waals surface area contributed by atoms with E-state index in [0.29, 0.717) is 33.0 Å². The van der Waals surface area contributed by atoms with E-state index in [1.165, 1.54) is 0 Å². The average Bonchev–Trinajstić information content (AvgIpc) is 2.71. The lowest BCUT2D eigenvalue weighted by atomic mass is 10.3. The van der Waals surface area contributed by atoms with Crippen LogP contribution in [0.5, 0.6) is 0 Å². The van der Waals surface area contributed by atoms with Crippen molar-refractivity contribution in [2.45, 2.75) is 38.7 Å². The van der Waals surface area contributed by atoms with Crippen molar-refractivity contribution in [1.29, 1.82) is 0 Å². The summed E-state index contributed by atoms with van der Waals surface area (Å²) in [5, 5.41) is 16.9. The van der Waals surface area contributed by atoms with Crippen LogP contribution in [0.4, 0.5) is 0 Å². The number of carboxylic acid groups (broad SMARTS) is 2. The predicted octanol–water partition coefficient (Wildman–Crippen LogP) is 0.257. The van der Waals surface area contributed by atoms with Crippen molar-refractivity contribution in [3.63, 3.8) is 0 Å². The highest BCUT2D eigenvalue weighted by Gasteiger charge is 2.07. The van der Waals surface area contributed by atoms with Gasteiger partial charge in [0.1, 0.15) is 13.2 Å². The molecular formula is C19H32O12. The molecule has 31 heavy (non-hydrogen) atoms. The Morgan fingerprint density at radius 1 is 0.613 bits per heavy atom. The van der Waals surface area contributed by atoms with E-state index in [4.69, 9.17) is 38.6 Å². The van der Waals surface area contributed by atoms with Crippen LogP contribution in [0.15, 0.2) is 0 Å². The van der Waals surface area contributed by atoms with E-state index in [1.54, 1.807) is 0 Å². The van der Waals surface area contributed by atoms with E-state index >= 15 is 0 Å². The molecule has 0 aliphatic heterocycles. The number of carboxylic acids is 2. The average molecular weight is 452 g/mol. The van der Waals surface area contributed by atoms with Gasteiger partial charge >= 0.3 is 23.9 Å². The SMILES string of the molecule is CC(COCCOCCOC(=O)CCC(=O)O)OCCOCCOC(=O)CCC(=O)O. The van der Waals surface area contributed by atoms with Gasteiger partial charge in [0.25, 0.3) is 0 Å². The molecular weight excluding hydrogens is 420 g/mol. The van der Waals surface area contributed by atoms with Gasteiger partial charge in [-0.05, 0) is 6.92 Å². The largest absolute Gasteiger partial charge is 0.481 e. The number of esters is 2. The zero-order valence-corrected chi connectivity index (χ0v) is 17.7. The number of ether oxygens (including phenoxy) is 6. The minimum atomic E-state index is -1.05. The molecule has 0 radical (unpaired) electrons. The van der Waals surface area contributed by atoms with Gasteiger partial charge < -0.3 is 38.6 Å². The Hall–Kier alpha value is -2.28. The Bertz CT molecular complexity index is 522. The monoisotopic (exact) mass is 452 g/mol. The summed E-state index contributed by atoms with van der Waals surface area (Å²) < 4.78 is 30.9. The summed E-state index contributed by atoms with van der Waals surface area (Å²) in [4.78, 5) is 42.9. The number of carbonyl (C=O) groups is 4. The fourth-order valence-corrected chi connectivity index (χ4v) is 1.92. The molecule has 0 aliphatic rings. The van der Waals surface area contributed by atoms with Gasteiger partial charge in [-0.2, -0.15) is 0 Å². The second-order valence-electron chi connectivity index (χ2n) is 6.21. The number of hydrogen-bond donors (Lipinski definition) is 2. The maximum atomic E-state index is 11.2. The number of hydrogen-bond acceptors (Lipinski definition) is 10. The van der Waals surface area contributed by atoms with Gasteiger partial charge in [-0.15, -0.1) is 0 Å². The fraction of sp³-hybridized carbons (Fsp3) is 0.789. The lowest BCUT2D eigenvalue weighted by Gasteiger charge is -2.14. The summed E-state index contributed by atoms with van der Waals surface area (Å²) >= 11 is 0. The Balaban J connectivity index is 3.35. The Labute approximate surface area is 180 Å². The molecule has 1 atom stereocenters. The minimum absolute atomic E-state index is 0.0542. The van der Waals surface area contributed by atoms with Gasteiger partial charge in [0.2, 0.25) is 0 Å². The van der Waals surface area contributed by atoms with Crippen LogP contribution in [0.3, 0.4) is 0 Å². The van der Waals surface area contributed by atoms with Crippen LogP contribution in [-0.2, 0) is 47.6 Å². The van der Waals surface area contributed by atoms with Gasteiger partial charge in [0.05, 0.1) is 78.0 Å². The first-order valence-corrected chi connectivity index (χ1v) is 9.91. The topological polar surface area (TPSA) is 164 Å². The third-order valence-electron chi connectivity index (χ3n) is 3.42. The molecule has 2 N–H and O–H groups in total. The van der Waals surface area contributed by atoms with Crippen molar-refractivity contribution >= 4 is 23.9 Å². The molecule has 0 bridgehead atoms. The second-order valence-corrected chi connectivity index (χ2v) is 6.21. The molecule has 1 unspecified atom stereocenters. The molecule has 0 fully saturated rings. The van der Waals surface area contributed by atoms with Gasteiger partial charge in [0, 0.05) is 0 Å². The Morgan fingerprint density at radius 2 is 1.03 bits per heavy atom. The molecule has 0 aromatic rings. The van der Waals surface area contributed by atoms with Gasteiger partial charge in [-0.25, -0.2) is 0 Å². The molecule has 0 amide bonds. The van der Waals surface area contributed by atoms with Crippen LogP contribution in [0.1, 0.15) is 32.6 Å². The molecule has 0 heterocycles. The molecule has 0 saturated heterocycles. The highest BCUT2D eigenvalue weighted by molar-refractivity contribution is 5.77. The van der Waals surface area contributed by atoms with Crippen molar-refractivity contribution in [3.05, 3.63) is 0 Å². The Kier molecular flexibility index (Phi) is 18.2. The molecule has 0 saturated carbocycles. The summed E-state index contributed by atoms with van der Waals surface area (Å²) in [6.07, 6.45) is -1.00. The molecule has 180 valence electrons. The highest BCUT2D eigenvalue weighted by Crippen LogP contribution is 1.95. The van der Waals surface area contributed by atoms with Crippen molar-refractivity contribution in [2.75, 3.05) is 59.5 Å². The molecule has 0 spiro atoms. The first kappa shape index (κ1) is 28.7. The molecule has 0 rings (SSSR count). The minimum Gasteiger partial charge on any atom is -0.481 e. The third-order valence-corrected chi connectivity index (χ3v) is 3.42. The Morgan fingerprint density at radius 3 is 1.52 bits per heavy atom. The van der Waals surface area contributed by atoms with Crippen LogP contribution < -0.4 is 0 Å². The quantitative estimate of drug-likeness (QED) is 0.180. The van der Waals surface area contributed by atoms with E-state index in [-0.39, 0.29) is 58.2 Å². The summed E-state index contributed by atoms with van der Waals surface area (Å²) in [7, 11) is 0. The van der Waals surface area contributed by atoms with Gasteiger partial charge in [-0.1, -0.05) is 0 Å². The van der Waals surface area contributed by atoms with Gasteiger partial charge in [0.15, 0.2) is 0 Å². The molecule has 0 aromatic heterocycles. The first-order valence-electron chi connectivity index (χ1n) is 9.91. The summed E-state index contributed by atoms with van der Waals surface area (Å²) in [6.45, 7) is 3.99. The van der Waals surface area contributed by atoms with E-state index in [9.17, 15) is 19.2 Å². The van der Waals surface area contributed by atoms with Crippen LogP contribution in [-0.4, -0.2) is 99.7 Å². The van der Waals surface area contributed by atoms with Crippen molar-refractivity contribution in [1.82, 2.24) is 0 Å². The lowest BCUT2D eigenvalue weighted by molar-refractivity contribution is -0.149. The molecule has 0 aliphatic carbocycles. The zero-order valence-electron chi connectivity index (χ0n) is 17.7. The zero-order chi connectivity index (χ0) is 23.3. The van der Waals surface area contributed by atoms with E-state index in [2.05, 4.69) is 0 Å². The summed E-state index contributed by atoms with van der Waals surface area (Å²) in [6, 6.07) is 0. The van der Waals surface area contributed by atoms with Crippen molar-refractivity contribution in [3.8, 4) is 0 Å². The lowest BCUT2D eigenvalue weighted by Crippen LogP contribution is -2.21. The van der Waals surface area contributed by atoms with Gasteiger partial charge in [-0.3, -0.25) is 19.2 Å². The van der Waals surface area contributed by atoms with Crippen LogP contribution >= 0.6 is 0 Å². The third kappa shape index (κ3) is 22.2. The van der Waals surface area contributed by atoms with Crippen molar-refractivity contribution < 1.29 is 57.8 Å². The molecule has 0 aromatic carbocycles. The standard InChI is InChI=1S/C19H32O12/c1-15(29-11-8-27-10-13-31-19(25)5-3-17(22)23)14-28-7-6-26-9-12-30-18(24)4-2-16(20)21/h15H,2-14H2,1H3,(H,20,21)(H,22,23). The van der Waals surface area contributed by atoms with Crippen LogP contribution in [0.2, 0.25) is 0 Å². The fourth-order valence-electron chi connectivity index (χ4n) is 1.92. The summed E-state index contributed by atoms with van der Waals surface area (Å²) in [5.74, 6) is -3.25. The van der Waals surface area contributed by atoms with Crippen molar-refractivity contribution in [2.24, 2.45) is 0 Å². The highest BCUT2D eigenvalue weighted by atomic mass is 16.6. The number of aliphatic carboxylic acids is 2. The normalized spacial score (nSPS) is 11.6. The van der Waals surface area contributed by atoms with Crippen LogP contribution in [0.25, 0.3) is 0 Å². The predicted molar refractivity (Wildman–Crippen MR) is 104 cm³/mol. The molecule has 12 heteroatoms. The van der Waals surface area contributed by atoms with Crippen LogP contribution in [0, 0.1) is 0 Å². The maximum Gasteiger partial charge on any atom is 0.306 e. The smallest absolute Gasteiger partial charge is 0.306 e. The van der Waals surface area contributed by atoms with E-state index < -0.39 is 23.9 Å². The summed E-state index contributed by atoms with van der Waals surface area (Å²) in [5.41, 5.74) is 0. The number of carbonyl (C=O) groups excluding carboxylic acids is 2. The number of rotatable bonds is 21. The molecule has 12 nitrogen and oxygen atoms in total. The first-order chi connectivity index (χ1) is 14.8. The van der Waals surface area contributed by atoms with E-state index in [1.807, 2.05) is 6.92 Å². The maximum absolute atomic E-state index is 11.2. The second kappa shape index (κ2) is 19.7. The van der Waals surface area contributed by atoms with E-state index in [0.717, 1.165) is 0 Å².